The summed E-state index contributed by atoms with van der Waals surface area (Å²) in [4.78, 5) is 0. The van der Waals surface area contributed by atoms with Crippen LogP contribution in [0.1, 0.15) is 72.4 Å². The fraction of sp³-hybridized carbons (Fsp3) is 0.700. The van der Waals surface area contributed by atoms with Gasteiger partial charge in [-0.3, -0.25) is 0 Å². The molecule has 0 saturated heterocycles. The minimum absolute atomic E-state index is 0.0533. The largest absolute Gasteiger partial charge is 0.492 e. The van der Waals surface area contributed by atoms with E-state index in [0.717, 1.165) is 30.6 Å². The van der Waals surface area contributed by atoms with Crippen LogP contribution in [0.3, 0.4) is 0 Å². The predicted octanol–water partition coefficient (Wildman–Crippen LogP) is 5.73. The summed E-state index contributed by atoms with van der Waals surface area (Å²) in [5, 5.41) is 0.702. The number of benzene rings is 1. The second-order valence-corrected chi connectivity index (χ2v) is 9.00. The maximum absolute atomic E-state index is 6.57. The van der Waals surface area contributed by atoms with Gasteiger partial charge in [-0.25, -0.2) is 0 Å². The average molecular weight is 340 g/mol. The van der Waals surface area contributed by atoms with Crippen molar-refractivity contribution in [3.05, 3.63) is 28.3 Å². The lowest BCUT2D eigenvalue weighted by molar-refractivity contribution is 0.283. The van der Waals surface area contributed by atoms with E-state index in [-0.39, 0.29) is 16.9 Å². The summed E-state index contributed by atoms with van der Waals surface area (Å²) in [5.41, 5.74) is 8.73. The Hall–Kier alpha value is -0.730. The summed E-state index contributed by atoms with van der Waals surface area (Å²) in [6.45, 7) is 16.2. The van der Waals surface area contributed by atoms with Crippen molar-refractivity contribution < 1.29 is 4.74 Å². The van der Waals surface area contributed by atoms with Gasteiger partial charge in [-0.15, -0.1) is 0 Å². The van der Waals surface area contributed by atoms with Gasteiger partial charge in [0.2, 0.25) is 0 Å². The number of hydrogen-bond donors (Lipinski definition) is 1. The standard InChI is InChI=1S/C20H34ClNO/c1-8-9-23-18-15(10-14(2)22)11-16(12-17(18)21)20(6,7)13-19(3,4)5/h11-12,14H,8-10,13,22H2,1-7H3. The SMILES string of the molecule is CCCOc1c(Cl)cc(C(C)(C)CC(C)(C)C)cc1CC(C)N. The van der Waals surface area contributed by atoms with Crippen molar-refractivity contribution in [1.29, 1.82) is 0 Å². The van der Waals surface area contributed by atoms with E-state index < -0.39 is 0 Å². The van der Waals surface area contributed by atoms with Crippen LogP contribution in [-0.4, -0.2) is 12.6 Å². The molecular formula is C20H34ClNO. The predicted molar refractivity (Wildman–Crippen MR) is 102 cm³/mol. The second kappa shape index (κ2) is 7.90. The maximum Gasteiger partial charge on any atom is 0.141 e. The molecule has 0 bridgehead atoms. The molecule has 0 spiro atoms. The van der Waals surface area contributed by atoms with Crippen molar-refractivity contribution in [2.24, 2.45) is 11.1 Å². The van der Waals surface area contributed by atoms with Crippen LogP contribution >= 0.6 is 11.6 Å². The Morgan fingerprint density at radius 3 is 2.26 bits per heavy atom. The minimum atomic E-state index is 0.0533. The Morgan fingerprint density at radius 1 is 1.17 bits per heavy atom. The maximum atomic E-state index is 6.57. The van der Waals surface area contributed by atoms with E-state index in [0.29, 0.717) is 11.6 Å². The first-order valence-electron chi connectivity index (χ1n) is 8.67. The molecule has 23 heavy (non-hydrogen) atoms. The van der Waals surface area contributed by atoms with Gasteiger partial charge in [-0.2, -0.15) is 0 Å². The van der Waals surface area contributed by atoms with E-state index in [1.807, 2.05) is 6.92 Å². The molecule has 0 heterocycles. The molecule has 1 aromatic carbocycles. The normalized spacial score (nSPS) is 14.0. The lowest BCUT2D eigenvalue weighted by Gasteiger charge is -2.34. The van der Waals surface area contributed by atoms with Crippen molar-refractivity contribution in [3.8, 4) is 5.75 Å². The third kappa shape index (κ3) is 6.35. The first-order chi connectivity index (χ1) is 10.5. The number of hydrogen-bond acceptors (Lipinski definition) is 2. The number of nitrogens with two attached hydrogens (primary N) is 1. The summed E-state index contributed by atoms with van der Waals surface area (Å²) >= 11 is 6.57. The second-order valence-electron chi connectivity index (χ2n) is 8.60. The molecule has 0 aliphatic rings. The Bertz CT molecular complexity index is 515. The summed E-state index contributed by atoms with van der Waals surface area (Å²) in [7, 11) is 0. The van der Waals surface area contributed by atoms with E-state index in [2.05, 4.69) is 53.7 Å². The third-order valence-electron chi connectivity index (χ3n) is 3.87. The molecule has 0 saturated carbocycles. The molecule has 0 aliphatic heterocycles. The Kier molecular flexibility index (Phi) is 6.97. The highest BCUT2D eigenvalue weighted by Gasteiger charge is 2.29. The molecule has 132 valence electrons. The van der Waals surface area contributed by atoms with Gasteiger partial charge in [0.25, 0.3) is 0 Å². The lowest BCUT2D eigenvalue weighted by atomic mass is 9.72. The highest BCUT2D eigenvalue weighted by molar-refractivity contribution is 6.32. The zero-order valence-corrected chi connectivity index (χ0v) is 16.7. The Morgan fingerprint density at radius 2 is 1.78 bits per heavy atom. The van der Waals surface area contributed by atoms with Gasteiger partial charge in [0.1, 0.15) is 5.75 Å². The molecule has 0 aromatic heterocycles. The van der Waals surface area contributed by atoms with Gasteiger partial charge < -0.3 is 10.5 Å². The zero-order chi connectivity index (χ0) is 17.8. The smallest absolute Gasteiger partial charge is 0.141 e. The molecule has 1 atom stereocenters. The average Bonchev–Trinajstić information content (AvgIpc) is 2.34. The quantitative estimate of drug-likeness (QED) is 0.688. The molecule has 3 heteroatoms. The Labute approximate surface area is 147 Å². The minimum Gasteiger partial charge on any atom is -0.492 e. The Balaban J connectivity index is 3.27. The first kappa shape index (κ1) is 20.3. The monoisotopic (exact) mass is 339 g/mol. The molecule has 0 aliphatic carbocycles. The first-order valence-corrected chi connectivity index (χ1v) is 9.05. The summed E-state index contributed by atoms with van der Waals surface area (Å²) in [5.74, 6) is 0.807. The fourth-order valence-corrected chi connectivity index (χ4v) is 3.63. The van der Waals surface area contributed by atoms with E-state index in [4.69, 9.17) is 22.1 Å². The molecule has 1 unspecified atom stereocenters. The van der Waals surface area contributed by atoms with Crippen LogP contribution in [0.2, 0.25) is 5.02 Å². The highest BCUT2D eigenvalue weighted by Crippen LogP contribution is 2.40. The van der Waals surface area contributed by atoms with Gasteiger partial charge >= 0.3 is 0 Å². The zero-order valence-electron chi connectivity index (χ0n) is 15.9. The van der Waals surface area contributed by atoms with E-state index >= 15 is 0 Å². The van der Waals surface area contributed by atoms with E-state index in [1.54, 1.807) is 0 Å². The van der Waals surface area contributed by atoms with Crippen LogP contribution in [0.4, 0.5) is 0 Å². The third-order valence-corrected chi connectivity index (χ3v) is 4.15. The molecule has 2 nitrogen and oxygen atoms in total. The fourth-order valence-electron chi connectivity index (χ4n) is 3.33. The van der Waals surface area contributed by atoms with Gasteiger partial charge in [0, 0.05) is 6.04 Å². The summed E-state index contributed by atoms with van der Waals surface area (Å²) in [6, 6.07) is 4.39. The van der Waals surface area contributed by atoms with Gasteiger partial charge in [-0.1, -0.05) is 59.2 Å². The number of halogens is 1. The van der Waals surface area contributed by atoms with Crippen molar-refractivity contribution >= 4 is 11.6 Å². The molecule has 0 radical (unpaired) electrons. The van der Waals surface area contributed by atoms with Crippen molar-refractivity contribution in [3.63, 3.8) is 0 Å². The van der Waals surface area contributed by atoms with Crippen LogP contribution < -0.4 is 10.5 Å². The summed E-state index contributed by atoms with van der Waals surface area (Å²) < 4.78 is 5.90. The molecule has 1 aromatic rings. The lowest BCUT2D eigenvalue weighted by Crippen LogP contribution is -2.25. The van der Waals surface area contributed by atoms with Crippen molar-refractivity contribution in [1.82, 2.24) is 0 Å². The molecular weight excluding hydrogens is 306 g/mol. The number of rotatable bonds is 7. The van der Waals surface area contributed by atoms with Gasteiger partial charge in [-0.05, 0) is 54.2 Å². The van der Waals surface area contributed by atoms with Crippen LogP contribution in [0.25, 0.3) is 0 Å². The molecule has 0 amide bonds. The molecule has 1 rings (SSSR count). The van der Waals surface area contributed by atoms with Crippen LogP contribution in [0.15, 0.2) is 12.1 Å². The van der Waals surface area contributed by atoms with Crippen LogP contribution in [-0.2, 0) is 11.8 Å². The van der Waals surface area contributed by atoms with Gasteiger partial charge in [0.15, 0.2) is 0 Å². The van der Waals surface area contributed by atoms with Crippen molar-refractivity contribution in [2.45, 2.75) is 79.2 Å². The highest BCUT2D eigenvalue weighted by atomic mass is 35.5. The van der Waals surface area contributed by atoms with Crippen LogP contribution in [0.5, 0.6) is 5.75 Å². The van der Waals surface area contributed by atoms with Crippen molar-refractivity contribution in [2.75, 3.05) is 6.61 Å². The molecule has 2 N–H and O–H groups in total. The molecule has 0 fully saturated rings. The van der Waals surface area contributed by atoms with E-state index in [1.165, 1.54) is 5.56 Å². The summed E-state index contributed by atoms with van der Waals surface area (Å²) in [6.07, 6.45) is 2.83. The van der Waals surface area contributed by atoms with Crippen LogP contribution in [0, 0.1) is 5.41 Å². The topological polar surface area (TPSA) is 35.2 Å². The van der Waals surface area contributed by atoms with Gasteiger partial charge in [0.05, 0.1) is 11.6 Å². The van der Waals surface area contributed by atoms with E-state index in [9.17, 15) is 0 Å². The number of ether oxygens (including phenoxy) is 1.